The van der Waals surface area contributed by atoms with Gasteiger partial charge >= 0.3 is 5.97 Å². The van der Waals surface area contributed by atoms with Crippen molar-refractivity contribution in [2.75, 3.05) is 6.54 Å². The SMILES string of the molecule is Cc1cccc(-n2cc(C(=O)N(CCC(=O)O)C(C)C)nn2)c1. The first kappa shape index (κ1) is 16.7. The summed E-state index contributed by atoms with van der Waals surface area (Å²) < 4.78 is 1.54. The van der Waals surface area contributed by atoms with Crippen molar-refractivity contribution in [3.05, 3.63) is 41.7 Å². The topological polar surface area (TPSA) is 88.3 Å². The second kappa shape index (κ2) is 7.04. The zero-order valence-corrected chi connectivity index (χ0v) is 13.4. The summed E-state index contributed by atoms with van der Waals surface area (Å²) >= 11 is 0. The normalized spacial score (nSPS) is 10.8. The Morgan fingerprint density at radius 3 is 2.70 bits per heavy atom. The molecule has 0 saturated heterocycles. The highest BCUT2D eigenvalue weighted by atomic mass is 16.4. The van der Waals surface area contributed by atoms with Gasteiger partial charge in [0.15, 0.2) is 5.69 Å². The molecule has 122 valence electrons. The number of carbonyl (C=O) groups excluding carboxylic acids is 1. The Labute approximate surface area is 134 Å². The molecule has 0 radical (unpaired) electrons. The van der Waals surface area contributed by atoms with Crippen molar-refractivity contribution in [1.29, 1.82) is 0 Å². The predicted octanol–water partition coefficient (Wildman–Crippen LogP) is 1.90. The maximum Gasteiger partial charge on any atom is 0.305 e. The average molecular weight is 316 g/mol. The predicted molar refractivity (Wildman–Crippen MR) is 84.5 cm³/mol. The molecule has 7 heteroatoms. The molecule has 1 amide bonds. The maximum absolute atomic E-state index is 12.5. The van der Waals surface area contributed by atoms with Crippen LogP contribution in [0.5, 0.6) is 0 Å². The van der Waals surface area contributed by atoms with Gasteiger partial charge in [0.2, 0.25) is 0 Å². The van der Waals surface area contributed by atoms with Crippen LogP contribution in [0.2, 0.25) is 0 Å². The summed E-state index contributed by atoms with van der Waals surface area (Å²) in [6.07, 6.45) is 1.46. The van der Waals surface area contributed by atoms with Gasteiger partial charge in [-0.15, -0.1) is 5.10 Å². The van der Waals surface area contributed by atoms with Crippen LogP contribution >= 0.6 is 0 Å². The molecule has 0 bridgehead atoms. The molecule has 2 aromatic rings. The lowest BCUT2D eigenvalue weighted by atomic mass is 10.2. The van der Waals surface area contributed by atoms with E-state index in [1.807, 2.05) is 45.0 Å². The number of hydrogen-bond donors (Lipinski definition) is 1. The number of carbonyl (C=O) groups is 2. The number of aryl methyl sites for hydroxylation is 1. The Morgan fingerprint density at radius 1 is 1.35 bits per heavy atom. The molecule has 0 aliphatic carbocycles. The number of amides is 1. The van der Waals surface area contributed by atoms with Crippen LogP contribution in [0.4, 0.5) is 0 Å². The van der Waals surface area contributed by atoms with E-state index in [-0.39, 0.29) is 30.6 Å². The first-order chi connectivity index (χ1) is 10.9. The van der Waals surface area contributed by atoms with Gasteiger partial charge in [0.05, 0.1) is 18.3 Å². The molecule has 1 heterocycles. The van der Waals surface area contributed by atoms with Crippen LogP contribution in [0.1, 0.15) is 36.3 Å². The van der Waals surface area contributed by atoms with E-state index in [1.54, 1.807) is 6.20 Å². The Balaban J connectivity index is 2.20. The van der Waals surface area contributed by atoms with Crippen molar-refractivity contribution in [3.63, 3.8) is 0 Å². The molecule has 0 atom stereocenters. The molecule has 0 fully saturated rings. The average Bonchev–Trinajstić information content (AvgIpc) is 2.96. The lowest BCUT2D eigenvalue weighted by molar-refractivity contribution is -0.137. The van der Waals surface area contributed by atoms with Crippen LogP contribution in [0.25, 0.3) is 5.69 Å². The molecule has 23 heavy (non-hydrogen) atoms. The minimum atomic E-state index is -0.938. The standard InChI is InChI=1S/C16H20N4O3/c1-11(2)19(8-7-15(21)22)16(23)14-10-20(18-17-14)13-6-4-5-12(3)9-13/h4-6,9-11H,7-8H2,1-3H3,(H,21,22). The minimum absolute atomic E-state index is 0.101. The zero-order chi connectivity index (χ0) is 17.0. The van der Waals surface area contributed by atoms with Gasteiger partial charge in [-0.05, 0) is 38.5 Å². The monoisotopic (exact) mass is 316 g/mol. The summed E-state index contributed by atoms with van der Waals surface area (Å²) in [5.74, 6) is -1.26. The van der Waals surface area contributed by atoms with Crippen LogP contribution in [0.15, 0.2) is 30.5 Å². The Hall–Kier alpha value is -2.70. The van der Waals surface area contributed by atoms with E-state index >= 15 is 0 Å². The van der Waals surface area contributed by atoms with E-state index < -0.39 is 5.97 Å². The molecule has 1 N–H and O–H groups in total. The van der Waals surface area contributed by atoms with Gasteiger partial charge in [-0.2, -0.15) is 0 Å². The van der Waals surface area contributed by atoms with Gasteiger partial charge in [0, 0.05) is 12.6 Å². The van der Waals surface area contributed by atoms with Gasteiger partial charge in [0.1, 0.15) is 0 Å². The number of rotatable bonds is 6. The van der Waals surface area contributed by atoms with Gasteiger partial charge in [0.25, 0.3) is 5.91 Å². The van der Waals surface area contributed by atoms with Crippen molar-refractivity contribution in [1.82, 2.24) is 19.9 Å². The molecule has 2 rings (SSSR count). The summed E-state index contributed by atoms with van der Waals surface area (Å²) in [5, 5.41) is 16.7. The number of hydrogen-bond acceptors (Lipinski definition) is 4. The maximum atomic E-state index is 12.5. The Bertz CT molecular complexity index is 709. The van der Waals surface area contributed by atoms with Gasteiger partial charge < -0.3 is 10.0 Å². The van der Waals surface area contributed by atoms with Crippen molar-refractivity contribution < 1.29 is 14.7 Å². The first-order valence-electron chi connectivity index (χ1n) is 7.40. The van der Waals surface area contributed by atoms with Crippen molar-refractivity contribution in [2.24, 2.45) is 0 Å². The fourth-order valence-electron chi connectivity index (χ4n) is 2.22. The van der Waals surface area contributed by atoms with Gasteiger partial charge in [-0.25, -0.2) is 4.68 Å². The summed E-state index contributed by atoms with van der Waals surface area (Å²) in [7, 11) is 0. The summed E-state index contributed by atoms with van der Waals surface area (Å²) in [4.78, 5) is 24.7. The van der Waals surface area contributed by atoms with Crippen LogP contribution in [0, 0.1) is 6.92 Å². The Morgan fingerprint density at radius 2 is 2.09 bits per heavy atom. The number of aliphatic carboxylic acids is 1. The van der Waals surface area contributed by atoms with E-state index in [1.165, 1.54) is 9.58 Å². The molecule has 0 aliphatic rings. The molecule has 1 aromatic carbocycles. The van der Waals surface area contributed by atoms with E-state index in [9.17, 15) is 9.59 Å². The van der Waals surface area contributed by atoms with Gasteiger partial charge in [-0.1, -0.05) is 17.3 Å². The molecule has 0 saturated carbocycles. The van der Waals surface area contributed by atoms with Crippen molar-refractivity contribution in [3.8, 4) is 5.69 Å². The Kier molecular flexibility index (Phi) is 5.10. The number of benzene rings is 1. The van der Waals surface area contributed by atoms with E-state index in [0.29, 0.717) is 0 Å². The largest absolute Gasteiger partial charge is 0.481 e. The highest BCUT2D eigenvalue weighted by Gasteiger charge is 2.22. The molecule has 7 nitrogen and oxygen atoms in total. The summed E-state index contributed by atoms with van der Waals surface area (Å²) in [6, 6.07) is 7.57. The molecule has 0 spiro atoms. The van der Waals surface area contributed by atoms with Crippen molar-refractivity contribution in [2.45, 2.75) is 33.2 Å². The molecular formula is C16H20N4O3. The highest BCUT2D eigenvalue weighted by molar-refractivity contribution is 5.92. The fourth-order valence-corrected chi connectivity index (χ4v) is 2.22. The third-order valence-electron chi connectivity index (χ3n) is 3.43. The third kappa shape index (κ3) is 4.15. The molecule has 1 aromatic heterocycles. The quantitative estimate of drug-likeness (QED) is 0.879. The second-order valence-electron chi connectivity index (χ2n) is 5.62. The van der Waals surface area contributed by atoms with Crippen LogP contribution in [-0.2, 0) is 4.79 Å². The van der Waals surface area contributed by atoms with E-state index in [2.05, 4.69) is 10.3 Å². The minimum Gasteiger partial charge on any atom is -0.481 e. The van der Waals surface area contributed by atoms with E-state index in [0.717, 1.165) is 11.3 Å². The number of carboxylic acid groups (broad SMARTS) is 1. The fraction of sp³-hybridized carbons (Fsp3) is 0.375. The number of nitrogens with zero attached hydrogens (tertiary/aromatic N) is 4. The zero-order valence-electron chi connectivity index (χ0n) is 13.4. The van der Waals surface area contributed by atoms with Crippen molar-refractivity contribution >= 4 is 11.9 Å². The van der Waals surface area contributed by atoms with Crippen LogP contribution in [-0.4, -0.2) is 49.5 Å². The number of carboxylic acids is 1. The van der Waals surface area contributed by atoms with E-state index in [4.69, 9.17) is 5.11 Å². The number of aromatic nitrogens is 3. The lowest BCUT2D eigenvalue weighted by Crippen LogP contribution is -2.38. The smallest absolute Gasteiger partial charge is 0.305 e. The second-order valence-corrected chi connectivity index (χ2v) is 5.62. The molecule has 0 unspecified atom stereocenters. The highest BCUT2D eigenvalue weighted by Crippen LogP contribution is 2.12. The first-order valence-corrected chi connectivity index (χ1v) is 7.40. The third-order valence-corrected chi connectivity index (χ3v) is 3.43. The molecule has 0 aliphatic heterocycles. The van der Waals surface area contributed by atoms with Crippen LogP contribution < -0.4 is 0 Å². The summed E-state index contributed by atoms with van der Waals surface area (Å²) in [5.41, 5.74) is 2.10. The summed E-state index contributed by atoms with van der Waals surface area (Å²) in [6.45, 7) is 5.79. The van der Waals surface area contributed by atoms with Gasteiger partial charge in [-0.3, -0.25) is 9.59 Å². The lowest BCUT2D eigenvalue weighted by Gasteiger charge is -2.25. The van der Waals surface area contributed by atoms with Crippen LogP contribution in [0.3, 0.4) is 0 Å². The molecular weight excluding hydrogens is 296 g/mol.